The average molecular weight is 291 g/mol. The zero-order valence-corrected chi connectivity index (χ0v) is 11.5. The van der Waals surface area contributed by atoms with Gasteiger partial charge in [0.25, 0.3) is 5.91 Å². The number of amides is 1. The quantitative estimate of drug-likeness (QED) is 0.859. The lowest BCUT2D eigenvalue weighted by atomic mass is 10.1. The van der Waals surface area contributed by atoms with Crippen LogP contribution in [0.1, 0.15) is 27.7 Å². The first-order valence-corrected chi connectivity index (χ1v) is 6.14. The number of primary amides is 1. The number of carbonyl (C=O) groups is 2. The van der Waals surface area contributed by atoms with E-state index in [4.69, 9.17) is 10.5 Å². The Bertz CT molecular complexity index is 679. The summed E-state index contributed by atoms with van der Waals surface area (Å²) < 4.78 is 19.5. The lowest BCUT2D eigenvalue weighted by Crippen LogP contribution is -2.26. The molecule has 2 aromatic rings. The van der Waals surface area contributed by atoms with E-state index in [1.165, 1.54) is 23.0 Å². The number of aryl methyl sites for hydroxylation is 1. The molecule has 0 fully saturated rings. The fraction of sp³-hybridized carbons (Fsp3) is 0.214. The summed E-state index contributed by atoms with van der Waals surface area (Å²) in [6.45, 7) is 1.70. The van der Waals surface area contributed by atoms with Gasteiger partial charge in [-0.05, 0) is 19.1 Å². The molecule has 0 spiro atoms. The van der Waals surface area contributed by atoms with Crippen LogP contribution in [0.5, 0.6) is 0 Å². The van der Waals surface area contributed by atoms with Crippen LogP contribution in [0.3, 0.4) is 0 Å². The van der Waals surface area contributed by atoms with Gasteiger partial charge in [0.15, 0.2) is 0 Å². The molecule has 110 valence electrons. The monoisotopic (exact) mass is 291 g/mol. The van der Waals surface area contributed by atoms with Crippen molar-refractivity contribution in [2.75, 3.05) is 0 Å². The number of carbonyl (C=O) groups excluding carboxylic acids is 2. The Hall–Kier alpha value is -2.70. The standard InChI is InChI=1S/C14H14FN3O3/c1-8-11(7-17-18(8)2)14(20)21-12(13(16)19)9-3-5-10(15)6-4-9/h3-7,12H,1-2H3,(H2,16,19). The number of halogens is 1. The summed E-state index contributed by atoms with van der Waals surface area (Å²) in [7, 11) is 1.68. The van der Waals surface area contributed by atoms with E-state index < -0.39 is 23.8 Å². The first-order chi connectivity index (χ1) is 9.90. The van der Waals surface area contributed by atoms with Gasteiger partial charge < -0.3 is 10.5 Å². The Morgan fingerprint density at radius 1 is 1.33 bits per heavy atom. The normalized spacial score (nSPS) is 12.0. The van der Waals surface area contributed by atoms with Gasteiger partial charge in [-0.15, -0.1) is 0 Å². The predicted octanol–water partition coefficient (Wildman–Crippen LogP) is 1.25. The molecule has 0 saturated heterocycles. The Morgan fingerprint density at radius 2 is 1.95 bits per heavy atom. The molecule has 2 rings (SSSR count). The summed E-state index contributed by atoms with van der Waals surface area (Å²) >= 11 is 0. The maximum absolute atomic E-state index is 12.9. The lowest BCUT2D eigenvalue weighted by molar-refractivity contribution is -0.127. The molecule has 0 aliphatic rings. The molecule has 21 heavy (non-hydrogen) atoms. The fourth-order valence-corrected chi connectivity index (χ4v) is 1.80. The molecule has 0 radical (unpaired) electrons. The van der Waals surface area contributed by atoms with Crippen LogP contribution < -0.4 is 5.73 Å². The van der Waals surface area contributed by atoms with Crippen molar-refractivity contribution in [1.82, 2.24) is 9.78 Å². The summed E-state index contributed by atoms with van der Waals surface area (Å²) in [5, 5.41) is 3.92. The number of benzene rings is 1. The highest BCUT2D eigenvalue weighted by Gasteiger charge is 2.25. The molecular formula is C14H14FN3O3. The molecule has 6 nitrogen and oxygen atoms in total. The van der Waals surface area contributed by atoms with Gasteiger partial charge in [0.1, 0.15) is 11.4 Å². The van der Waals surface area contributed by atoms with Crippen molar-refractivity contribution in [1.29, 1.82) is 0 Å². The number of hydrogen-bond donors (Lipinski definition) is 1. The second-order valence-electron chi connectivity index (χ2n) is 4.51. The highest BCUT2D eigenvalue weighted by molar-refractivity contribution is 5.93. The van der Waals surface area contributed by atoms with E-state index in [-0.39, 0.29) is 5.56 Å². The van der Waals surface area contributed by atoms with Crippen LogP contribution in [0.15, 0.2) is 30.5 Å². The van der Waals surface area contributed by atoms with Gasteiger partial charge in [0.2, 0.25) is 6.10 Å². The summed E-state index contributed by atoms with van der Waals surface area (Å²) in [5.41, 5.74) is 6.39. The minimum absolute atomic E-state index is 0.242. The number of aromatic nitrogens is 2. The van der Waals surface area contributed by atoms with Crippen molar-refractivity contribution in [3.8, 4) is 0 Å². The third kappa shape index (κ3) is 3.07. The Morgan fingerprint density at radius 3 is 2.43 bits per heavy atom. The molecule has 0 aliphatic heterocycles. The van der Waals surface area contributed by atoms with Crippen LogP contribution in [0.2, 0.25) is 0 Å². The third-order valence-electron chi connectivity index (χ3n) is 3.11. The highest BCUT2D eigenvalue weighted by atomic mass is 19.1. The maximum Gasteiger partial charge on any atom is 0.342 e. The van der Waals surface area contributed by atoms with Crippen molar-refractivity contribution < 1.29 is 18.7 Å². The van der Waals surface area contributed by atoms with Crippen molar-refractivity contribution in [2.45, 2.75) is 13.0 Å². The Kier molecular flexibility index (Phi) is 4.02. The number of hydrogen-bond acceptors (Lipinski definition) is 4. The van der Waals surface area contributed by atoms with Crippen LogP contribution >= 0.6 is 0 Å². The zero-order chi connectivity index (χ0) is 15.6. The minimum atomic E-state index is -1.28. The van der Waals surface area contributed by atoms with E-state index in [1.807, 2.05) is 0 Å². The molecule has 0 aliphatic carbocycles. The molecule has 2 N–H and O–H groups in total. The van der Waals surface area contributed by atoms with E-state index in [2.05, 4.69) is 5.10 Å². The van der Waals surface area contributed by atoms with Gasteiger partial charge in [0.05, 0.1) is 6.20 Å². The first-order valence-electron chi connectivity index (χ1n) is 6.14. The van der Waals surface area contributed by atoms with Crippen LogP contribution in [-0.4, -0.2) is 21.7 Å². The number of rotatable bonds is 4. The molecule has 1 unspecified atom stereocenters. The number of nitrogens with zero attached hydrogens (tertiary/aromatic N) is 2. The molecule has 0 saturated carbocycles. The summed E-state index contributed by atoms with van der Waals surface area (Å²) in [6.07, 6.45) is 0.0677. The van der Waals surface area contributed by atoms with Gasteiger partial charge in [-0.25, -0.2) is 9.18 Å². The van der Waals surface area contributed by atoms with Gasteiger partial charge in [-0.1, -0.05) is 12.1 Å². The Labute approximate surface area is 120 Å². The average Bonchev–Trinajstić information content (AvgIpc) is 2.77. The van der Waals surface area contributed by atoms with Crippen molar-refractivity contribution >= 4 is 11.9 Å². The fourth-order valence-electron chi connectivity index (χ4n) is 1.80. The maximum atomic E-state index is 12.9. The Balaban J connectivity index is 2.24. The van der Waals surface area contributed by atoms with Gasteiger partial charge in [-0.3, -0.25) is 9.48 Å². The molecular weight excluding hydrogens is 277 g/mol. The van der Waals surface area contributed by atoms with Gasteiger partial charge in [0, 0.05) is 18.3 Å². The highest BCUT2D eigenvalue weighted by Crippen LogP contribution is 2.20. The molecule has 1 heterocycles. The number of esters is 1. The second kappa shape index (κ2) is 5.74. The van der Waals surface area contributed by atoms with Crippen molar-refractivity contribution in [3.05, 3.63) is 53.1 Å². The van der Waals surface area contributed by atoms with E-state index in [0.717, 1.165) is 12.1 Å². The zero-order valence-electron chi connectivity index (χ0n) is 11.5. The SMILES string of the molecule is Cc1c(C(=O)OC(C(N)=O)c2ccc(F)cc2)cnn1C. The molecule has 1 atom stereocenters. The summed E-state index contributed by atoms with van der Waals surface area (Å²) in [4.78, 5) is 23.5. The van der Waals surface area contributed by atoms with E-state index in [0.29, 0.717) is 11.3 Å². The number of ether oxygens (including phenoxy) is 1. The molecule has 1 aromatic heterocycles. The van der Waals surface area contributed by atoms with Crippen molar-refractivity contribution in [3.63, 3.8) is 0 Å². The third-order valence-corrected chi connectivity index (χ3v) is 3.11. The van der Waals surface area contributed by atoms with Gasteiger partial charge >= 0.3 is 5.97 Å². The van der Waals surface area contributed by atoms with Crippen LogP contribution in [-0.2, 0) is 16.6 Å². The topological polar surface area (TPSA) is 87.2 Å². The van der Waals surface area contributed by atoms with Crippen LogP contribution in [0.4, 0.5) is 4.39 Å². The lowest BCUT2D eigenvalue weighted by Gasteiger charge is -2.14. The molecule has 0 bridgehead atoms. The number of nitrogens with two attached hydrogens (primary N) is 1. The van der Waals surface area contributed by atoms with E-state index in [1.54, 1.807) is 14.0 Å². The summed E-state index contributed by atoms with van der Waals surface area (Å²) in [5.74, 6) is -2.01. The van der Waals surface area contributed by atoms with Crippen LogP contribution in [0, 0.1) is 12.7 Å². The molecule has 1 amide bonds. The molecule has 1 aromatic carbocycles. The summed E-state index contributed by atoms with van der Waals surface area (Å²) in [6, 6.07) is 5.01. The molecule has 7 heteroatoms. The first kappa shape index (κ1) is 14.7. The largest absolute Gasteiger partial charge is 0.444 e. The van der Waals surface area contributed by atoms with E-state index in [9.17, 15) is 14.0 Å². The van der Waals surface area contributed by atoms with E-state index >= 15 is 0 Å². The van der Waals surface area contributed by atoms with Crippen molar-refractivity contribution in [2.24, 2.45) is 12.8 Å². The van der Waals surface area contributed by atoms with Crippen LogP contribution in [0.25, 0.3) is 0 Å². The predicted molar refractivity (Wildman–Crippen MR) is 71.7 cm³/mol. The minimum Gasteiger partial charge on any atom is -0.444 e. The van der Waals surface area contributed by atoms with Gasteiger partial charge in [-0.2, -0.15) is 5.10 Å². The second-order valence-corrected chi connectivity index (χ2v) is 4.51. The smallest absolute Gasteiger partial charge is 0.342 e.